The molecule has 0 bridgehead atoms. The fourth-order valence-corrected chi connectivity index (χ4v) is 2.31. The Balaban J connectivity index is -0.000000459. The Hall–Kier alpha value is -5.34. The first-order chi connectivity index (χ1) is 18.0. The second-order valence-corrected chi connectivity index (χ2v) is 6.82. The smallest absolute Gasteiger partial charge is 0.872 e. The molecule has 0 spiro atoms. The summed E-state index contributed by atoms with van der Waals surface area (Å²) in [6, 6.07) is 17.8. The van der Waals surface area contributed by atoms with Crippen molar-refractivity contribution in [1.82, 2.24) is 9.97 Å². The van der Waals surface area contributed by atoms with Crippen molar-refractivity contribution in [2.45, 2.75) is 0 Å². The molecule has 0 saturated heterocycles. The summed E-state index contributed by atoms with van der Waals surface area (Å²) in [5, 5.41) is 38.1. The quantitative estimate of drug-likeness (QED) is 0.201. The van der Waals surface area contributed by atoms with Gasteiger partial charge in [0.1, 0.15) is 5.75 Å². The fourth-order valence-electron chi connectivity index (χ4n) is 2.31. The van der Waals surface area contributed by atoms with Crippen LogP contribution >= 0.6 is 0 Å². The molecule has 0 aliphatic carbocycles. The Morgan fingerprint density at radius 1 is 0.683 bits per heavy atom. The van der Waals surface area contributed by atoms with Crippen LogP contribution in [0.2, 0.25) is 0 Å². The largest absolute Gasteiger partial charge is 2.00 e. The van der Waals surface area contributed by atoms with Crippen molar-refractivity contribution in [2.24, 2.45) is 11.5 Å². The van der Waals surface area contributed by atoms with Gasteiger partial charge in [-0.15, -0.1) is 0 Å². The Labute approximate surface area is 244 Å². The van der Waals surface area contributed by atoms with E-state index in [1.165, 1.54) is 54.9 Å². The van der Waals surface area contributed by atoms with Crippen LogP contribution in [0.4, 0.5) is 0 Å². The summed E-state index contributed by atoms with van der Waals surface area (Å²) in [6.07, 6.45) is 6.05. The molecule has 2 aromatic carbocycles. The monoisotopic (exact) mass is 617 g/mol. The van der Waals surface area contributed by atoms with Crippen LogP contribution in [-0.2, 0) is 17.1 Å². The second-order valence-electron chi connectivity index (χ2n) is 6.82. The van der Waals surface area contributed by atoms with Crippen LogP contribution < -0.4 is 21.7 Å². The summed E-state index contributed by atoms with van der Waals surface area (Å²) < 4.78 is 0. The van der Waals surface area contributed by atoms with Crippen LogP contribution in [0.15, 0.2) is 97.6 Å². The van der Waals surface area contributed by atoms with Crippen molar-refractivity contribution in [3.8, 4) is 11.5 Å². The van der Waals surface area contributed by atoms with Gasteiger partial charge in [0.05, 0.1) is 22.7 Å². The fraction of sp³-hybridized carbons (Fsp3) is 0. The summed E-state index contributed by atoms with van der Waals surface area (Å²) in [7, 11) is 0. The number of carbonyl (C=O) groups excluding carboxylic acids is 3. The van der Waals surface area contributed by atoms with E-state index in [2.05, 4.69) is 9.97 Å². The van der Waals surface area contributed by atoms with Crippen LogP contribution in [-0.4, -0.2) is 54.9 Å². The zero-order chi connectivity index (χ0) is 28.5. The molecule has 221 valence electrons. The molecular formula is C26H26CuN4O10. The average Bonchev–Trinajstić information content (AvgIpc) is 2.91. The first kappa shape index (κ1) is 40.2. The van der Waals surface area contributed by atoms with E-state index in [4.69, 9.17) is 21.7 Å². The minimum absolute atomic E-state index is 0. The zero-order valence-electron chi connectivity index (χ0n) is 20.9. The number of carboxylic acid groups (broad SMARTS) is 2. The summed E-state index contributed by atoms with van der Waals surface area (Å²) >= 11 is 0. The molecule has 10 N–H and O–H groups in total. The van der Waals surface area contributed by atoms with Gasteiger partial charge in [0.25, 0.3) is 0 Å². The van der Waals surface area contributed by atoms with Crippen molar-refractivity contribution in [1.29, 1.82) is 0 Å². The third-order valence-corrected chi connectivity index (χ3v) is 4.13. The molecule has 14 nitrogen and oxygen atoms in total. The number of rotatable bonds is 4. The number of nitrogens with zero attached hydrogens (tertiary/aromatic N) is 2. The van der Waals surface area contributed by atoms with Gasteiger partial charge in [0, 0.05) is 30.4 Å². The summed E-state index contributed by atoms with van der Waals surface area (Å²) in [4.78, 5) is 48.5. The normalized spacial score (nSPS) is 8.39. The van der Waals surface area contributed by atoms with E-state index in [0.717, 1.165) is 0 Å². The van der Waals surface area contributed by atoms with Gasteiger partial charge in [0.2, 0.25) is 11.8 Å². The Morgan fingerprint density at radius 3 is 1.34 bits per heavy atom. The van der Waals surface area contributed by atoms with Gasteiger partial charge in [-0.2, -0.15) is 0 Å². The van der Waals surface area contributed by atoms with Crippen LogP contribution in [0.3, 0.4) is 0 Å². The van der Waals surface area contributed by atoms with E-state index in [1.54, 1.807) is 42.7 Å². The first-order valence-electron chi connectivity index (χ1n) is 10.4. The number of nitrogens with two attached hydrogens (primary N) is 2. The topological polar surface area (TPSA) is 296 Å². The molecule has 4 rings (SSSR count). The van der Waals surface area contributed by atoms with E-state index in [0.29, 0.717) is 11.1 Å². The van der Waals surface area contributed by atoms with E-state index < -0.39 is 29.5 Å². The van der Waals surface area contributed by atoms with Crippen molar-refractivity contribution in [3.63, 3.8) is 0 Å². The summed E-state index contributed by atoms with van der Waals surface area (Å²) in [5.41, 5.74) is 10.4. The molecule has 0 fully saturated rings. The van der Waals surface area contributed by atoms with Gasteiger partial charge in [-0.25, -0.2) is 4.79 Å². The van der Waals surface area contributed by atoms with Crippen molar-refractivity contribution < 1.29 is 67.6 Å². The number of hydrogen-bond acceptors (Lipinski definition) is 9. The van der Waals surface area contributed by atoms with Crippen LogP contribution in [0.25, 0.3) is 0 Å². The maximum absolute atomic E-state index is 10.7. The Kier molecular flexibility index (Phi) is 21.1. The minimum Gasteiger partial charge on any atom is -0.872 e. The molecule has 41 heavy (non-hydrogen) atoms. The van der Waals surface area contributed by atoms with Gasteiger partial charge in [0.15, 0.2) is 0 Å². The molecular weight excluding hydrogens is 592 g/mol. The van der Waals surface area contributed by atoms with Gasteiger partial charge >= 0.3 is 23.0 Å². The standard InChI is InChI=1S/2C7H6O3.2C6H6N2O.Cu.2H2O/c2*8-6-4-2-1-3-5(6)7(9)10;2*7-6(9)5-2-1-3-8-4-5;;;/h2*1-4,8H,(H,9,10);2*1-4H,(H2,7,9);;2*1H2/q;;;;+2;;/p-2. The molecule has 0 atom stereocenters. The average molecular weight is 618 g/mol. The molecule has 0 aliphatic heterocycles. The number of amides is 2. The van der Waals surface area contributed by atoms with E-state index in [9.17, 15) is 29.4 Å². The first-order valence-corrected chi connectivity index (χ1v) is 10.4. The number of hydrogen-bond donors (Lipinski definition) is 4. The van der Waals surface area contributed by atoms with Gasteiger partial charge in [-0.3, -0.25) is 19.6 Å². The number of phenols is 1. The number of para-hydroxylation sites is 2. The maximum Gasteiger partial charge on any atom is 2.00 e. The van der Waals surface area contributed by atoms with Crippen molar-refractivity contribution >= 4 is 23.8 Å². The maximum atomic E-state index is 10.7. The number of aromatic carboxylic acids is 2. The molecule has 0 aliphatic rings. The molecule has 1 radical (unpaired) electrons. The van der Waals surface area contributed by atoms with Crippen LogP contribution in [0.1, 0.15) is 41.4 Å². The molecule has 0 saturated carbocycles. The van der Waals surface area contributed by atoms with Crippen molar-refractivity contribution in [3.05, 3.63) is 120 Å². The summed E-state index contributed by atoms with van der Waals surface area (Å²) in [5.74, 6) is -4.13. The minimum atomic E-state index is -1.36. The number of pyridine rings is 2. The number of carbonyl (C=O) groups is 4. The second kappa shape index (κ2) is 21.6. The van der Waals surface area contributed by atoms with Gasteiger partial charge < -0.3 is 47.6 Å². The number of carboxylic acids is 2. The predicted molar refractivity (Wildman–Crippen MR) is 138 cm³/mol. The molecule has 0 unspecified atom stereocenters. The molecule has 15 heteroatoms. The third-order valence-electron chi connectivity index (χ3n) is 4.13. The molecule has 2 heterocycles. The van der Waals surface area contributed by atoms with Gasteiger partial charge in [-0.1, -0.05) is 36.1 Å². The third kappa shape index (κ3) is 15.6. The molecule has 2 amide bonds. The van der Waals surface area contributed by atoms with E-state index >= 15 is 0 Å². The zero-order valence-corrected chi connectivity index (χ0v) is 21.9. The van der Waals surface area contributed by atoms with E-state index in [-0.39, 0.29) is 44.9 Å². The SMILES string of the molecule is NC(=O)c1cccnc1.NC(=O)c1cccnc1.O.O.O=C(O)c1ccccc1[O-].O=C([O-])c1ccccc1O.[Cu+2]. The Bertz CT molecular complexity index is 1260. The summed E-state index contributed by atoms with van der Waals surface area (Å²) in [6.45, 7) is 0. The van der Waals surface area contributed by atoms with Gasteiger partial charge in [-0.05, 0) is 42.5 Å². The Morgan fingerprint density at radius 2 is 1.10 bits per heavy atom. The molecule has 4 aromatic rings. The number of primary amides is 2. The number of aromatic nitrogens is 2. The predicted octanol–water partition coefficient (Wildman–Crippen LogP) is -1.08. The van der Waals surface area contributed by atoms with Crippen LogP contribution in [0.5, 0.6) is 11.5 Å². The number of aromatic hydroxyl groups is 1. The van der Waals surface area contributed by atoms with E-state index in [1.807, 2.05) is 0 Å². The number of benzene rings is 2. The van der Waals surface area contributed by atoms with Crippen molar-refractivity contribution in [2.75, 3.05) is 0 Å². The van der Waals surface area contributed by atoms with Crippen LogP contribution in [0, 0.1) is 0 Å². The molecule has 2 aromatic heterocycles.